The lowest BCUT2D eigenvalue weighted by Gasteiger charge is -2.29. The Bertz CT molecular complexity index is 548. The molecule has 2 rings (SSSR count). The van der Waals surface area contributed by atoms with Gasteiger partial charge in [-0.3, -0.25) is 0 Å². The molecule has 1 aromatic rings. The number of aromatic nitrogens is 1. The zero-order chi connectivity index (χ0) is 15.6. The second-order valence-electron chi connectivity index (χ2n) is 5.47. The van der Waals surface area contributed by atoms with Gasteiger partial charge in [-0.05, 0) is 18.1 Å². The highest BCUT2D eigenvalue weighted by Crippen LogP contribution is 2.26. The monoisotopic (exact) mass is 293 g/mol. The molecule has 0 aliphatic carbocycles. The molecule has 21 heavy (non-hydrogen) atoms. The van der Waals surface area contributed by atoms with E-state index in [2.05, 4.69) is 9.98 Å². The van der Waals surface area contributed by atoms with Gasteiger partial charge < -0.3 is 19.1 Å². The second-order valence-corrected chi connectivity index (χ2v) is 5.47. The topological polar surface area (TPSA) is 68.3 Å². The summed E-state index contributed by atoms with van der Waals surface area (Å²) in [6.45, 7) is 4.09. The number of hydrogen-bond acceptors (Lipinski definition) is 5. The molecule has 0 bridgehead atoms. The predicted molar refractivity (Wildman–Crippen MR) is 81.7 cm³/mol. The van der Waals surface area contributed by atoms with Gasteiger partial charge in [0, 0.05) is 18.9 Å². The Labute approximate surface area is 125 Å². The van der Waals surface area contributed by atoms with Crippen LogP contribution in [0, 0.1) is 5.92 Å². The van der Waals surface area contributed by atoms with E-state index in [4.69, 9.17) is 9.47 Å². The standard InChI is InChI=1S/C15H23N3O3/c1-9(2)11-14(20-4)17-12(15(16-11)21-5)13(19)10-7-6-8-18(10)3/h6-9,11-13,19H,1-5H3/t11-,12+,13+/m0/s1. The minimum Gasteiger partial charge on any atom is -0.483 e. The summed E-state index contributed by atoms with van der Waals surface area (Å²) in [4.78, 5) is 9.09. The minimum absolute atomic E-state index is 0.179. The number of ether oxygens (including phenoxy) is 2. The molecule has 0 saturated heterocycles. The Morgan fingerprint density at radius 2 is 1.71 bits per heavy atom. The van der Waals surface area contributed by atoms with E-state index in [0.717, 1.165) is 5.69 Å². The molecule has 0 amide bonds. The molecule has 1 aromatic heterocycles. The van der Waals surface area contributed by atoms with Gasteiger partial charge in [0.1, 0.15) is 12.1 Å². The molecule has 1 aliphatic rings. The Morgan fingerprint density at radius 1 is 1.14 bits per heavy atom. The van der Waals surface area contributed by atoms with E-state index in [1.165, 1.54) is 0 Å². The number of aliphatic imine (C=N–C) groups is 2. The highest BCUT2D eigenvalue weighted by molar-refractivity contribution is 5.94. The number of aliphatic hydroxyl groups excluding tert-OH is 1. The molecule has 0 aromatic carbocycles. The van der Waals surface area contributed by atoms with Gasteiger partial charge in [0.25, 0.3) is 0 Å². The van der Waals surface area contributed by atoms with Gasteiger partial charge in [-0.1, -0.05) is 13.8 Å². The van der Waals surface area contributed by atoms with Gasteiger partial charge in [-0.15, -0.1) is 0 Å². The van der Waals surface area contributed by atoms with E-state index < -0.39 is 12.1 Å². The third-order valence-corrected chi connectivity index (χ3v) is 3.67. The number of aliphatic hydroxyl groups is 1. The molecule has 0 radical (unpaired) electrons. The lowest BCUT2D eigenvalue weighted by atomic mass is 10.0. The summed E-state index contributed by atoms with van der Waals surface area (Å²) in [5.74, 6) is 1.20. The summed E-state index contributed by atoms with van der Waals surface area (Å²) in [6, 6.07) is 2.97. The molecule has 3 atom stereocenters. The van der Waals surface area contributed by atoms with Crippen LogP contribution in [-0.4, -0.2) is 47.8 Å². The average Bonchev–Trinajstić information content (AvgIpc) is 2.90. The van der Waals surface area contributed by atoms with Gasteiger partial charge in [0.05, 0.1) is 14.2 Å². The fraction of sp³-hybridized carbons (Fsp3) is 0.600. The number of methoxy groups -OCH3 is 2. The van der Waals surface area contributed by atoms with Crippen LogP contribution >= 0.6 is 0 Å². The smallest absolute Gasteiger partial charge is 0.212 e. The van der Waals surface area contributed by atoms with Crippen molar-refractivity contribution in [3.8, 4) is 0 Å². The quantitative estimate of drug-likeness (QED) is 0.919. The van der Waals surface area contributed by atoms with Crippen molar-refractivity contribution in [2.45, 2.75) is 32.0 Å². The van der Waals surface area contributed by atoms with Crippen molar-refractivity contribution in [1.82, 2.24) is 4.57 Å². The van der Waals surface area contributed by atoms with Crippen LogP contribution in [0.5, 0.6) is 0 Å². The van der Waals surface area contributed by atoms with Crippen LogP contribution in [-0.2, 0) is 16.5 Å². The summed E-state index contributed by atoms with van der Waals surface area (Å²) in [6.07, 6.45) is 1.05. The molecular formula is C15H23N3O3. The van der Waals surface area contributed by atoms with Gasteiger partial charge in [-0.25, -0.2) is 9.98 Å². The third-order valence-electron chi connectivity index (χ3n) is 3.67. The largest absolute Gasteiger partial charge is 0.483 e. The van der Waals surface area contributed by atoms with Crippen LogP contribution in [0.2, 0.25) is 0 Å². The van der Waals surface area contributed by atoms with Crippen molar-refractivity contribution in [2.75, 3.05) is 14.2 Å². The highest BCUT2D eigenvalue weighted by atomic mass is 16.5. The van der Waals surface area contributed by atoms with Crippen molar-refractivity contribution in [2.24, 2.45) is 23.0 Å². The maximum Gasteiger partial charge on any atom is 0.212 e. The van der Waals surface area contributed by atoms with Crippen LogP contribution in [0.25, 0.3) is 0 Å². The molecule has 116 valence electrons. The Hall–Kier alpha value is -1.82. The average molecular weight is 293 g/mol. The molecule has 2 heterocycles. The number of rotatable bonds is 3. The van der Waals surface area contributed by atoms with Crippen LogP contribution in [0.15, 0.2) is 28.3 Å². The molecule has 1 N–H and O–H groups in total. The maximum absolute atomic E-state index is 10.6. The fourth-order valence-corrected chi connectivity index (χ4v) is 2.47. The van der Waals surface area contributed by atoms with Crippen molar-refractivity contribution in [3.05, 3.63) is 24.0 Å². The Morgan fingerprint density at radius 3 is 2.19 bits per heavy atom. The van der Waals surface area contributed by atoms with Crippen LogP contribution in [0.3, 0.4) is 0 Å². The molecule has 0 spiro atoms. The zero-order valence-corrected chi connectivity index (χ0v) is 13.1. The van der Waals surface area contributed by atoms with Gasteiger partial charge in [-0.2, -0.15) is 0 Å². The van der Waals surface area contributed by atoms with Crippen LogP contribution in [0.1, 0.15) is 25.6 Å². The summed E-state index contributed by atoms with van der Waals surface area (Å²) in [7, 11) is 5.00. The number of hydrogen-bond donors (Lipinski definition) is 1. The first-order chi connectivity index (χ1) is 9.99. The zero-order valence-electron chi connectivity index (χ0n) is 13.1. The second kappa shape index (κ2) is 6.30. The van der Waals surface area contributed by atoms with Crippen molar-refractivity contribution >= 4 is 11.8 Å². The highest BCUT2D eigenvalue weighted by Gasteiger charge is 2.36. The van der Waals surface area contributed by atoms with Gasteiger partial charge in [0.2, 0.25) is 11.8 Å². The molecule has 6 heteroatoms. The first kappa shape index (κ1) is 15.6. The minimum atomic E-state index is -0.832. The van der Waals surface area contributed by atoms with Gasteiger partial charge >= 0.3 is 0 Å². The van der Waals surface area contributed by atoms with Crippen molar-refractivity contribution in [1.29, 1.82) is 0 Å². The normalized spacial score (nSPS) is 23.6. The lowest BCUT2D eigenvalue weighted by Crippen LogP contribution is -2.40. The first-order valence-electron chi connectivity index (χ1n) is 7.02. The third kappa shape index (κ3) is 2.95. The Balaban J connectivity index is 2.36. The summed E-state index contributed by atoms with van der Waals surface area (Å²) < 4.78 is 12.6. The first-order valence-corrected chi connectivity index (χ1v) is 7.02. The van der Waals surface area contributed by atoms with Crippen molar-refractivity contribution in [3.63, 3.8) is 0 Å². The van der Waals surface area contributed by atoms with E-state index >= 15 is 0 Å². The molecule has 0 fully saturated rings. The van der Waals surface area contributed by atoms with Gasteiger partial charge in [0.15, 0.2) is 6.04 Å². The van der Waals surface area contributed by atoms with E-state index in [9.17, 15) is 5.11 Å². The summed E-state index contributed by atoms with van der Waals surface area (Å²) in [5.41, 5.74) is 0.756. The molecular weight excluding hydrogens is 270 g/mol. The fourth-order valence-electron chi connectivity index (χ4n) is 2.47. The van der Waals surface area contributed by atoms with E-state index in [1.54, 1.807) is 14.2 Å². The molecule has 6 nitrogen and oxygen atoms in total. The Kier molecular flexibility index (Phi) is 4.67. The maximum atomic E-state index is 10.6. The van der Waals surface area contributed by atoms with Crippen LogP contribution in [0.4, 0.5) is 0 Å². The molecule has 0 saturated carbocycles. The lowest BCUT2D eigenvalue weighted by molar-refractivity contribution is 0.148. The van der Waals surface area contributed by atoms with E-state index in [-0.39, 0.29) is 12.0 Å². The molecule has 0 unspecified atom stereocenters. The SMILES string of the molecule is COC1=N[C@H]([C@H](O)c2cccn2C)C(OC)=N[C@H]1C(C)C. The van der Waals surface area contributed by atoms with Crippen molar-refractivity contribution < 1.29 is 14.6 Å². The van der Waals surface area contributed by atoms with E-state index in [0.29, 0.717) is 11.8 Å². The van der Waals surface area contributed by atoms with E-state index in [1.807, 2.05) is 43.8 Å². The van der Waals surface area contributed by atoms with Crippen LogP contribution < -0.4 is 0 Å². The molecule has 1 aliphatic heterocycles. The number of aryl methyl sites for hydroxylation is 1. The summed E-state index contributed by atoms with van der Waals surface area (Å²) in [5, 5.41) is 10.6. The summed E-state index contributed by atoms with van der Waals surface area (Å²) >= 11 is 0. The predicted octanol–water partition coefficient (Wildman–Crippen LogP) is 1.56. The number of nitrogens with zero attached hydrogens (tertiary/aromatic N) is 3.